The van der Waals surface area contributed by atoms with Crippen LogP contribution in [0, 0.1) is 6.92 Å². The van der Waals surface area contributed by atoms with Crippen molar-refractivity contribution in [1.82, 2.24) is 24.7 Å². The van der Waals surface area contributed by atoms with E-state index in [0.717, 1.165) is 41.1 Å². The fourth-order valence-corrected chi connectivity index (χ4v) is 3.85. The summed E-state index contributed by atoms with van der Waals surface area (Å²) in [6, 6.07) is 3.88. The van der Waals surface area contributed by atoms with Crippen molar-refractivity contribution in [3.05, 3.63) is 35.0 Å². The van der Waals surface area contributed by atoms with Crippen molar-refractivity contribution < 1.29 is 9.21 Å². The van der Waals surface area contributed by atoms with Gasteiger partial charge in [-0.2, -0.15) is 9.61 Å². The number of aryl methyl sites for hydroxylation is 2. The number of carbonyl (C=O) groups excluding carboxylic acids is 1. The summed E-state index contributed by atoms with van der Waals surface area (Å²) in [5.41, 5.74) is 0. The van der Waals surface area contributed by atoms with Crippen LogP contribution in [-0.4, -0.2) is 43.7 Å². The van der Waals surface area contributed by atoms with Gasteiger partial charge in [-0.15, -0.1) is 10.2 Å². The van der Waals surface area contributed by atoms with Crippen molar-refractivity contribution in [2.24, 2.45) is 0 Å². The number of hydrogen-bond donors (Lipinski definition) is 0. The molecule has 8 heteroatoms. The van der Waals surface area contributed by atoms with Crippen molar-refractivity contribution in [2.75, 3.05) is 13.1 Å². The fraction of sp³-hybridized carbons (Fsp3) is 0.467. The Morgan fingerprint density at radius 3 is 3.17 bits per heavy atom. The predicted octanol–water partition coefficient (Wildman–Crippen LogP) is 2.04. The Balaban J connectivity index is 1.35. The summed E-state index contributed by atoms with van der Waals surface area (Å²) in [6.45, 7) is 3.42. The van der Waals surface area contributed by atoms with Gasteiger partial charge in [0.05, 0.1) is 6.26 Å². The highest BCUT2D eigenvalue weighted by Gasteiger charge is 2.28. The molecule has 120 valence electrons. The molecule has 1 aliphatic rings. The molecule has 23 heavy (non-hydrogen) atoms. The molecule has 1 unspecified atom stereocenters. The third kappa shape index (κ3) is 2.74. The number of fused-ring (bicyclic) bond motifs is 1. The minimum Gasteiger partial charge on any atom is -0.469 e. The molecule has 1 aliphatic heterocycles. The van der Waals surface area contributed by atoms with Gasteiger partial charge in [0, 0.05) is 31.8 Å². The number of carbonyl (C=O) groups is 1. The lowest BCUT2D eigenvalue weighted by Gasteiger charge is -2.15. The van der Waals surface area contributed by atoms with Crippen LogP contribution in [0.2, 0.25) is 0 Å². The Bertz CT molecular complexity index is 822. The number of likely N-dealkylation sites (tertiary alicyclic amines) is 1. The molecular weight excluding hydrogens is 314 g/mol. The molecule has 4 heterocycles. The Morgan fingerprint density at radius 2 is 2.39 bits per heavy atom. The van der Waals surface area contributed by atoms with E-state index in [1.54, 1.807) is 10.8 Å². The Kier molecular flexibility index (Phi) is 3.60. The molecule has 1 saturated heterocycles. The average molecular weight is 331 g/mol. The summed E-state index contributed by atoms with van der Waals surface area (Å²) in [5, 5.41) is 13.4. The van der Waals surface area contributed by atoms with Gasteiger partial charge in [-0.05, 0) is 25.5 Å². The second kappa shape index (κ2) is 5.77. The highest BCUT2D eigenvalue weighted by atomic mass is 32.1. The summed E-state index contributed by atoms with van der Waals surface area (Å²) >= 11 is 1.49. The van der Waals surface area contributed by atoms with Crippen LogP contribution in [0.3, 0.4) is 0 Å². The normalized spacial score (nSPS) is 18.1. The SMILES string of the molecule is Cc1nnc2sc(CCC(=O)N3CCC(c4ccco4)C3)nn12. The number of rotatable bonds is 4. The lowest BCUT2D eigenvalue weighted by Crippen LogP contribution is -2.28. The standard InChI is InChI=1S/C15H17N5O2S/c1-10-16-17-15-20(10)18-13(23-15)4-5-14(21)19-7-6-11(9-19)12-3-2-8-22-12/h2-3,8,11H,4-7,9H2,1H3. The molecule has 0 N–H and O–H groups in total. The monoisotopic (exact) mass is 331 g/mol. The molecule has 4 rings (SSSR count). The maximum absolute atomic E-state index is 12.4. The molecule has 1 atom stereocenters. The zero-order chi connectivity index (χ0) is 15.8. The first-order valence-corrected chi connectivity index (χ1v) is 8.51. The van der Waals surface area contributed by atoms with Crippen LogP contribution < -0.4 is 0 Å². The Morgan fingerprint density at radius 1 is 1.48 bits per heavy atom. The topological polar surface area (TPSA) is 76.5 Å². The van der Waals surface area contributed by atoms with Crippen molar-refractivity contribution >= 4 is 22.2 Å². The quantitative estimate of drug-likeness (QED) is 0.731. The van der Waals surface area contributed by atoms with E-state index < -0.39 is 0 Å². The van der Waals surface area contributed by atoms with E-state index >= 15 is 0 Å². The molecule has 0 saturated carbocycles. The van der Waals surface area contributed by atoms with E-state index in [-0.39, 0.29) is 5.91 Å². The van der Waals surface area contributed by atoms with E-state index in [1.165, 1.54) is 11.3 Å². The van der Waals surface area contributed by atoms with Crippen molar-refractivity contribution in [1.29, 1.82) is 0 Å². The highest BCUT2D eigenvalue weighted by molar-refractivity contribution is 7.16. The average Bonchev–Trinajstić information content (AvgIpc) is 3.31. The van der Waals surface area contributed by atoms with Gasteiger partial charge >= 0.3 is 0 Å². The van der Waals surface area contributed by atoms with E-state index in [9.17, 15) is 4.79 Å². The van der Waals surface area contributed by atoms with Gasteiger partial charge in [-0.3, -0.25) is 4.79 Å². The van der Waals surface area contributed by atoms with Crippen LogP contribution in [0.5, 0.6) is 0 Å². The second-order valence-electron chi connectivity index (χ2n) is 5.78. The summed E-state index contributed by atoms with van der Waals surface area (Å²) in [7, 11) is 0. The summed E-state index contributed by atoms with van der Waals surface area (Å²) in [6.07, 6.45) is 3.78. The summed E-state index contributed by atoms with van der Waals surface area (Å²) in [5.74, 6) is 2.26. The third-order valence-corrected chi connectivity index (χ3v) is 5.19. The van der Waals surface area contributed by atoms with Crippen LogP contribution in [-0.2, 0) is 11.2 Å². The zero-order valence-electron chi connectivity index (χ0n) is 12.8. The lowest BCUT2D eigenvalue weighted by molar-refractivity contribution is -0.130. The molecule has 3 aromatic heterocycles. The van der Waals surface area contributed by atoms with Crippen LogP contribution in [0.25, 0.3) is 4.96 Å². The van der Waals surface area contributed by atoms with Crippen LogP contribution in [0.15, 0.2) is 22.8 Å². The molecule has 1 amide bonds. The Hall–Kier alpha value is -2.22. The van der Waals surface area contributed by atoms with Gasteiger partial charge in [-0.1, -0.05) is 11.3 Å². The van der Waals surface area contributed by atoms with E-state index in [2.05, 4.69) is 15.3 Å². The zero-order valence-corrected chi connectivity index (χ0v) is 13.6. The number of hydrogen-bond acceptors (Lipinski definition) is 6. The van der Waals surface area contributed by atoms with Crippen molar-refractivity contribution in [3.63, 3.8) is 0 Å². The van der Waals surface area contributed by atoms with Crippen LogP contribution >= 0.6 is 11.3 Å². The van der Waals surface area contributed by atoms with Crippen molar-refractivity contribution in [2.45, 2.75) is 32.1 Å². The molecular formula is C15H17N5O2S. The van der Waals surface area contributed by atoms with E-state index in [4.69, 9.17) is 4.42 Å². The van der Waals surface area contributed by atoms with Crippen molar-refractivity contribution in [3.8, 4) is 0 Å². The smallest absolute Gasteiger partial charge is 0.234 e. The fourth-order valence-electron chi connectivity index (χ4n) is 2.97. The number of furan rings is 1. The molecule has 0 aliphatic carbocycles. The molecule has 0 bridgehead atoms. The maximum atomic E-state index is 12.4. The van der Waals surface area contributed by atoms with Crippen LogP contribution in [0.1, 0.15) is 35.4 Å². The first kappa shape index (κ1) is 14.4. The number of aromatic nitrogens is 4. The van der Waals surface area contributed by atoms with E-state index in [1.807, 2.05) is 24.0 Å². The molecule has 0 spiro atoms. The van der Waals surface area contributed by atoms with E-state index in [0.29, 0.717) is 18.8 Å². The summed E-state index contributed by atoms with van der Waals surface area (Å²) in [4.78, 5) is 15.1. The largest absolute Gasteiger partial charge is 0.469 e. The molecule has 1 fully saturated rings. The van der Waals surface area contributed by atoms with Gasteiger partial charge in [0.1, 0.15) is 10.8 Å². The maximum Gasteiger partial charge on any atom is 0.234 e. The first-order chi connectivity index (χ1) is 11.2. The first-order valence-electron chi connectivity index (χ1n) is 7.69. The predicted molar refractivity (Wildman–Crippen MR) is 84.4 cm³/mol. The number of amides is 1. The van der Waals surface area contributed by atoms with Crippen LogP contribution in [0.4, 0.5) is 0 Å². The second-order valence-corrected chi connectivity index (χ2v) is 6.82. The van der Waals surface area contributed by atoms with Gasteiger partial charge < -0.3 is 9.32 Å². The number of nitrogens with zero attached hydrogens (tertiary/aromatic N) is 5. The molecule has 3 aromatic rings. The molecule has 0 aromatic carbocycles. The van der Waals surface area contributed by atoms with Gasteiger partial charge in [0.2, 0.25) is 10.9 Å². The van der Waals surface area contributed by atoms with Gasteiger partial charge in [-0.25, -0.2) is 0 Å². The highest BCUT2D eigenvalue weighted by Crippen LogP contribution is 2.28. The van der Waals surface area contributed by atoms with Gasteiger partial charge in [0.15, 0.2) is 5.82 Å². The minimum absolute atomic E-state index is 0.182. The van der Waals surface area contributed by atoms with Gasteiger partial charge in [0.25, 0.3) is 0 Å². The third-order valence-electron chi connectivity index (χ3n) is 4.23. The molecule has 7 nitrogen and oxygen atoms in total. The Labute approximate surface area is 136 Å². The minimum atomic E-state index is 0.182. The summed E-state index contributed by atoms with van der Waals surface area (Å²) < 4.78 is 7.18. The lowest BCUT2D eigenvalue weighted by atomic mass is 10.1. The molecule has 0 radical (unpaired) electrons.